The lowest BCUT2D eigenvalue weighted by molar-refractivity contribution is -0.00460. The van der Waals surface area contributed by atoms with Crippen molar-refractivity contribution < 1.29 is 44.4 Å². The van der Waals surface area contributed by atoms with Crippen molar-refractivity contribution in [2.45, 2.75) is 30.1 Å². The van der Waals surface area contributed by atoms with Crippen molar-refractivity contribution in [3.8, 4) is 11.5 Å². The maximum absolute atomic E-state index is 13.5. The van der Waals surface area contributed by atoms with Crippen LogP contribution in [0.15, 0.2) is 109 Å². The summed E-state index contributed by atoms with van der Waals surface area (Å²) in [6, 6.07) is 25.2. The average Bonchev–Trinajstić information content (AvgIpc) is 3.14. The minimum absolute atomic E-state index is 0.00655. The Balaban J connectivity index is 1.29. The van der Waals surface area contributed by atoms with Gasteiger partial charge in [0.1, 0.15) is 21.3 Å². The molecule has 0 N–H and O–H groups in total. The number of benzene rings is 4. The Morgan fingerprint density at radius 3 is 1.26 bits per heavy atom. The van der Waals surface area contributed by atoms with E-state index in [1.54, 1.807) is 48.5 Å². The molecule has 2 aliphatic carbocycles. The molecule has 0 aromatic heterocycles. The lowest BCUT2D eigenvalue weighted by atomic mass is 9.71. The first-order valence-electron chi connectivity index (χ1n) is 16.0. The Hall–Kier alpha value is -5.31. The predicted molar refractivity (Wildman–Crippen MR) is 206 cm³/mol. The van der Waals surface area contributed by atoms with E-state index in [4.69, 9.17) is 8.37 Å². The highest BCUT2D eigenvalue weighted by atomic mass is 127. The van der Waals surface area contributed by atoms with Gasteiger partial charge in [-0.2, -0.15) is 26.4 Å². The Bertz CT molecular complexity index is 2420. The minimum atomic E-state index is -4.49. The molecule has 6 rings (SSSR count). The Labute approximate surface area is 319 Å². The molecule has 1 unspecified atom stereocenters. The van der Waals surface area contributed by atoms with E-state index < -0.39 is 48.6 Å². The predicted octanol–water partition coefficient (Wildman–Crippen LogP) is 6.69. The zero-order chi connectivity index (χ0) is 38.3. The van der Waals surface area contributed by atoms with E-state index in [1.807, 2.05) is 6.92 Å². The number of hydrogen-bond donors (Lipinski definition) is 0. The molecule has 4 aromatic carbocycles. The number of fused-ring (bicyclic) bond motifs is 2. The molecular weight excluding hydrogens is 831 g/mol. The first-order chi connectivity index (χ1) is 25.1. The largest absolute Gasteiger partial charge is 0.379 e. The quantitative estimate of drug-likeness (QED) is 0.0554. The Kier molecular flexibility index (Phi) is 10.1. The summed E-state index contributed by atoms with van der Waals surface area (Å²) in [5.41, 5.74) is 19.1. The standard InChI is InChI=1S/C38H29IN4O8S2/c1-22(2)37(39)38(3,23-12-16-25(17-13-23)50-52(46,47)33-20-31(42-40)35(44)29-10-6-4-8-27(29)33)24-14-18-26(19-15-24)51-53(48,49)34-21-32(43-41)36(45)30-11-7-5-9-28(30)34/h4-22,37H,1-3H3. The molecule has 2 aliphatic rings. The van der Waals surface area contributed by atoms with Crippen molar-refractivity contribution in [1.82, 2.24) is 0 Å². The van der Waals surface area contributed by atoms with Crippen LogP contribution in [0.25, 0.3) is 20.9 Å². The third kappa shape index (κ3) is 6.85. The van der Waals surface area contributed by atoms with E-state index in [-0.39, 0.29) is 53.4 Å². The van der Waals surface area contributed by atoms with E-state index in [0.717, 1.165) is 23.3 Å². The molecule has 15 heteroatoms. The molecule has 53 heavy (non-hydrogen) atoms. The van der Waals surface area contributed by atoms with Crippen LogP contribution in [-0.2, 0) is 25.7 Å². The molecule has 12 nitrogen and oxygen atoms in total. The van der Waals surface area contributed by atoms with E-state index in [0.29, 0.717) is 0 Å². The number of ketones is 2. The highest BCUT2D eigenvalue weighted by Gasteiger charge is 2.40. The third-order valence-corrected chi connectivity index (χ3v) is 14.3. The van der Waals surface area contributed by atoms with Crippen molar-refractivity contribution in [3.05, 3.63) is 154 Å². The van der Waals surface area contributed by atoms with Crippen LogP contribution in [0.1, 0.15) is 63.7 Å². The topological polar surface area (TPSA) is 194 Å². The second-order valence-corrected chi connectivity index (χ2v) is 17.1. The van der Waals surface area contributed by atoms with Crippen molar-refractivity contribution in [2.75, 3.05) is 0 Å². The van der Waals surface area contributed by atoms with Crippen molar-refractivity contribution in [2.24, 2.45) is 5.92 Å². The molecule has 0 spiro atoms. The zero-order valence-corrected chi connectivity index (χ0v) is 32.1. The summed E-state index contributed by atoms with van der Waals surface area (Å²) in [4.78, 5) is 30.5. The molecule has 0 bridgehead atoms. The first kappa shape index (κ1) is 37.4. The van der Waals surface area contributed by atoms with Gasteiger partial charge in [0.2, 0.25) is 0 Å². The fourth-order valence-electron chi connectivity index (χ4n) is 6.37. The summed E-state index contributed by atoms with van der Waals surface area (Å²) >= 11 is 2.36. The molecule has 0 heterocycles. The van der Waals surface area contributed by atoms with Crippen molar-refractivity contribution >= 4 is 75.6 Å². The second kappa shape index (κ2) is 14.3. The number of rotatable bonds is 10. The van der Waals surface area contributed by atoms with Gasteiger partial charge >= 0.3 is 31.7 Å². The van der Waals surface area contributed by atoms with E-state index in [1.165, 1.54) is 48.5 Å². The number of nitrogens with zero attached hydrogens (tertiary/aromatic N) is 4. The van der Waals surface area contributed by atoms with E-state index >= 15 is 0 Å². The maximum atomic E-state index is 13.5. The number of hydrogen-bond acceptors (Lipinski definition) is 8. The fourth-order valence-corrected chi connectivity index (χ4v) is 9.41. The minimum Gasteiger partial charge on any atom is -0.379 e. The van der Waals surface area contributed by atoms with Crippen molar-refractivity contribution in [3.63, 3.8) is 0 Å². The van der Waals surface area contributed by atoms with E-state index in [9.17, 15) is 37.5 Å². The third-order valence-electron chi connectivity index (χ3n) is 9.09. The summed E-state index contributed by atoms with van der Waals surface area (Å²) in [7, 11) is -8.97. The molecule has 0 amide bonds. The molecule has 0 radical (unpaired) electrons. The average molecular weight is 861 g/mol. The molecular formula is C38H29IN4O8S2. The summed E-state index contributed by atoms with van der Waals surface area (Å²) < 4.78 is 65.0. The fraction of sp³-hybridized carbons (Fsp3) is 0.158. The molecule has 0 saturated heterocycles. The normalized spacial score (nSPS) is 15.9. The zero-order valence-electron chi connectivity index (χ0n) is 28.3. The number of carbonyl (C=O) groups is 2. The van der Waals surface area contributed by atoms with Crippen LogP contribution >= 0.6 is 22.6 Å². The summed E-state index contributed by atoms with van der Waals surface area (Å²) in [5.74, 6) is -1.07. The van der Waals surface area contributed by atoms with Gasteiger partial charge in [-0.1, -0.05) is 116 Å². The molecule has 4 aromatic rings. The van der Waals surface area contributed by atoms with Crippen LogP contribution in [0, 0.1) is 5.92 Å². The highest BCUT2D eigenvalue weighted by Crippen LogP contribution is 2.44. The van der Waals surface area contributed by atoms with Gasteiger partial charge in [0.15, 0.2) is 0 Å². The highest BCUT2D eigenvalue weighted by molar-refractivity contribution is 14.1. The molecule has 1 atom stereocenters. The number of Topliss-reactive ketones (excluding diaryl/α,β-unsaturated/α-hetero) is 2. The van der Waals surface area contributed by atoms with Gasteiger partial charge < -0.3 is 19.4 Å². The maximum Gasteiger partial charge on any atom is 0.364 e. The molecule has 0 aliphatic heterocycles. The molecule has 0 fully saturated rings. The van der Waals surface area contributed by atoms with Crippen LogP contribution in [-0.4, -0.2) is 53.3 Å². The van der Waals surface area contributed by atoms with Gasteiger partial charge in [0.25, 0.3) is 11.6 Å². The molecule has 0 saturated carbocycles. The van der Waals surface area contributed by atoms with Gasteiger partial charge in [0, 0.05) is 31.6 Å². The van der Waals surface area contributed by atoms with Gasteiger partial charge in [-0.3, -0.25) is 9.59 Å². The van der Waals surface area contributed by atoms with Crippen LogP contribution in [0.4, 0.5) is 0 Å². The number of alkyl halides is 1. The van der Waals surface area contributed by atoms with Crippen LogP contribution in [0.3, 0.4) is 0 Å². The monoisotopic (exact) mass is 860 g/mol. The second-order valence-electron chi connectivity index (χ2n) is 12.7. The number of halogens is 1. The number of allylic oxidation sites excluding steroid dienone is 2. The SMILES string of the molecule is CC(C)C(I)C(C)(c1ccc(OS(=O)(=O)C2=CC(=[N+]=[N-])C(=O)c3ccccc32)cc1)c1ccc(OS(=O)(=O)C2=CC(=[N+]=[N-])C(=O)c3ccccc32)cc1. The van der Waals surface area contributed by atoms with Gasteiger partial charge in [-0.15, -0.1) is 0 Å². The summed E-state index contributed by atoms with van der Waals surface area (Å²) in [6.07, 6.45) is 1.94. The first-order valence-corrected chi connectivity index (χ1v) is 20.1. The van der Waals surface area contributed by atoms with Crippen molar-refractivity contribution in [1.29, 1.82) is 0 Å². The summed E-state index contributed by atoms with van der Waals surface area (Å²) in [6.45, 7) is 6.16. The Morgan fingerprint density at radius 2 is 0.943 bits per heavy atom. The Morgan fingerprint density at radius 1 is 0.604 bits per heavy atom. The molecule has 268 valence electrons. The van der Waals surface area contributed by atoms with Crippen LogP contribution in [0.5, 0.6) is 11.5 Å². The smallest absolute Gasteiger partial charge is 0.364 e. The van der Waals surface area contributed by atoms with Gasteiger partial charge in [-0.25, -0.2) is 0 Å². The van der Waals surface area contributed by atoms with Gasteiger partial charge in [0.05, 0.1) is 12.2 Å². The lowest BCUT2D eigenvalue weighted by Gasteiger charge is -2.38. The van der Waals surface area contributed by atoms with Crippen LogP contribution < -0.4 is 8.37 Å². The van der Waals surface area contributed by atoms with Gasteiger partial charge in [-0.05, 0) is 41.3 Å². The van der Waals surface area contributed by atoms with E-state index in [2.05, 4.69) is 46.0 Å². The lowest BCUT2D eigenvalue weighted by Crippen LogP contribution is -2.37. The number of carbonyl (C=O) groups excluding carboxylic acids is 2. The summed E-state index contributed by atoms with van der Waals surface area (Å²) in [5, 5.41) is 0. The van der Waals surface area contributed by atoms with Crippen LogP contribution in [0.2, 0.25) is 0 Å².